The molecule has 0 bridgehead atoms. The van der Waals surface area contributed by atoms with Crippen LogP contribution in [0.4, 0.5) is 11.4 Å². The normalized spacial score (nSPS) is 10.8. The summed E-state index contributed by atoms with van der Waals surface area (Å²) >= 11 is 0. The van der Waals surface area contributed by atoms with Crippen LogP contribution in [0.15, 0.2) is 18.2 Å². The van der Waals surface area contributed by atoms with Crippen LogP contribution in [0.25, 0.3) is 0 Å². The number of aryl methyl sites for hydroxylation is 1. The van der Waals surface area contributed by atoms with Crippen LogP contribution in [0.5, 0.6) is 0 Å². The number of hydrogen-bond donors (Lipinski definition) is 2. The van der Waals surface area contributed by atoms with Crippen molar-refractivity contribution in [3.05, 3.63) is 23.8 Å². The van der Waals surface area contributed by atoms with E-state index in [1.807, 2.05) is 26.0 Å². The highest BCUT2D eigenvalue weighted by molar-refractivity contribution is 5.56. The van der Waals surface area contributed by atoms with Gasteiger partial charge in [0.25, 0.3) is 0 Å². The second-order valence-corrected chi connectivity index (χ2v) is 8.94. The summed E-state index contributed by atoms with van der Waals surface area (Å²) in [5.74, 6) is 2.64. The van der Waals surface area contributed by atoms with Gasteiger partial charge in [0.05, 0.1) is 0 Å². The Morgan fingerprint density at radius 2 is 1.30 bits per heavy atom. The number of nitrogen functional groups attached to an aromatic ring is 1. The Labute approximate surface area is 191 Å². The van der Waals surface area contributed by atoms with Gasteiger partial charge in [0.15, 0.2) is 0 Å². The number of rotatable bonds is 10. The Balaban J connectivity index is -0.000000414. The zero-order chi connectivity index (χ0) is 23.9. The van der Waals surface area contributed by atoms with Crippen molar-refractivity contribution in [1.29, 1.82) is 0 Å². The summed E-state index contributed by atoms with van der Waals surface area (Å²) in [7, 11) is 0. The average molecular weight is 423 g/mol. The predicted octanol–water partition coefficient (Wildman–Crippen LogP) is 9.73. The van der Waals surface area contributed by atoms with Gasteiger partial charge in [0.1, 0.15) is 0 Å². The SMILES string of the molecule is CC.CC(C)C.CCC(C)CCNc1cc(C)cc(N)c1.CCCC(CC)CCC. The number of benzene rings is 1. The summed E-state index contributed by atoms with van der Waals surface area (Å²) in [6.07, 6.45) is 9.43. The van der Waals surface area contributed by atoms with Gasteiger partial charge < -0.3 is 11.1 Å². The maximum absolute atomic E-state index is 5.78. The van der Waals surface area contributed by atoms with Crippen molar-refractivity contribution in [3.8, 4) is 0 Å². The van der Waals surface area contributed by atoms with Crippen LogP contribution >= 0.6 is 0 Å². The highest BCUT2D eigenvalue weighted by Gasteiger charge is 2.01. The summed E-state index contributed by atoms with van der Waals surface area (Å²) in [5.41, 5.74) is 8.96. The maximum Gasteiger partial charge on any atom is 0.0363 e. The van der Waals surface area contributed by atoms with Crippen LogP contribution in [0.1, 0.15) is 120 Å². The Bertz CT molecular complexity index is 425. The molecule has 0 spiro atoms. The molecule has 30 heavy (non-hydrogen) atoms. The van der Waals surface area contributed by atoms with E-state index in [0.717, 1.165) is 35.7 Å². The van der Waals surface area contributed by atoms with E-state index in [9.17, 15) is 0 Å². The molecule has 0 aromatic heterocycles. The van der Waals surface area contributed by atoms with Gasteiger partial charge in [-0.15, -0.1) is 0 Å². The number of nitrogens with two attached hydrogens (primary N) is 1. The summed E-state index contributed by atoms with van der Waals surface area (Å²) < 4.78 is 0. The Kier molecular flexibility index (Phi) is 26.9. The van der Waals surface area contributed by atoms with Crippen molar-refractivity contribution in [1.82, 2.24) is 0 Å². The summed E-state index contributed by atoms with van der Waals surface area (Å²) in [6, 6.07) is 6.11. The lowest BCUT2D eigenvalue weighted by Crippen LogP contribution is -2.06. The van der Waals surface area contributed by atoms with Crippen molar-refractivity contribution < 1.29 is 0 Å². The molecule has 0 radical (unpaired) electrons. The molecule has 180 valence electrons. The fourth-order valence-electron chi connectivity index (χ4n) is 2.95. The smallest absolute Gasteiger partial charge is 0.0363 e. The second-order valence-electron chi connectivity index (χ2n) is 8.94. The molecule has 2 nitrogen and oxygen atoms in total. The van der Waals surface area contributed by atoms with Gasteiger partial charge in [0, 0.05) is 17.9 Å². The third kappa shape index (κ3) is 24.9. The molecule has 0 saturated heterocycles. The van der Waals surface area contributed by atoms with E-state index in [2.05, 4.69) is 73.7 Å². The molecule has 2 heteroatoms. The zero-order valence-electron chi connectivity index (χ0n) is 22.7. The fourth-order valence-corrected chi connectivity index (χ4v) is 2.95. The molecular weight excluding hydrogens is 364 g/mol. The maximum atomic E-state index is 5.78. The fraction of sp³-hybridized carbons (Fsp3) is 0.786. The Morgan fingerprint density at radius 1 is 0.800 bits per heavy atom. The molecular formula is C28H58N2. The minimum atomic E-state index is 0.791. The van der Waals surface area contributed by atoms with E-state index >= 15 is 0 Å². The van der Waals surface area contributed by atoms with Crippen molar-refractivity contribution in [3.63, 3.8) is 0 Å². The zero-order valence-corrected chi connectivity index (χ0v) is 22.7. The molecule has 0 aliphatic heterocycles. The molecule has 0 aliphatic carbocycles. The van der Waals surface area contributed by atoms with Crippen molar-refractivity contribution in [2.75, 3.05) is 17.6 Å². The minimum Gasteiger partial charge on any atom is -0.399 e. The molecule has 1 rings (SSSR count). The quantitative estimate of drug-likeness (QED) is 0.368. The number of anilines is 2. The first-order chi connectivity index (χ1) is 14.2. The van der Waals surface area contributed by atoms with E-state index < -0.39 is 0 Å². The van der Waals surface area contributed by atoms with Crippen molar-refractivity contribution >= 4 is 11.4 Å². The van der Waals surface area contributed by atoms with Crippen LogP contribution in [0, 0.1) is 24.7 Å². The van der Waals surface area contributed by atoms with Gasteiger partial charge in [-0.3, -0.25) is 0 Å². The molecule has 1 aromatic rings. The first-order valence-corrected chi connectivity index (χ1v) is 12.8. The van der Waals surface area contributed by atoms with Gasteiger partial charge in [-0.25, -0.2) is 0 Å². The van der Waals surface area contributed by atoms with Gasteiger partial charge in [-0.05, 0) is 54.9 Å². The van der Waals surface area contributed by atoms with E-state index in [0.29, 0.717) is 0 Å². The highest BCUT2D eigenvalue weighted by Crippen LogP contribution is 2.17. The molecule has 0 fully saturated rings. The van der Waals surface area contributed by atoms with Crippen molar-refractivity contribution in [2.45, 2.75) is 121 Å². The van der Waals surface area contributed by atoms with Gasteiger partial charge in [-0.1, -0.05) is 108 Å². The third-order valence-corrected chi connectivity index (χ3v) is 4.73. The highest BCUT2D eigenvalue weighted by atomic mass is 14.9. The molecule has 1 atom stereocenters. The molecule has 0 aliphatic rings. The lowest BCUT2D eigenvalue weighted by molar-refractivity contribution is 0.427. The lowest BCUT2D eigenvalue weighted by atomic mass is 9.96. The lowest BCUT2D eigenvalue weighted by Gasteiger charge is -2.11. The molecule has 1 unspecified atom stereocenters. The number of nitrogens with one attached hydrogen (secondary N) is 1. The van der Waals surface area contributed by atoms with Gasteiger partial charge in [-0.2, -0.15) is 0 Å². The predicted molar refractivity (Wildman–Crippen MR) is 144 cm³/mol. The number of hydrogen-bond acceptors (Lipinski definition) is 2. The van der Waals surface area contributed by atoms with Crippen LogP contribution in [0.2, 0.25) is 0 Å². The van der Waals surface area contributed by atoms with E-state index in [4.69, 9.17) is 5.73 Å². The van der Waals surface area contributed by atoms with Gasteiger partial charge in [0.2, 0.25) is 0 Å². The molecule has 3 N–H and O–H groups in total. The molecule has 0 heterocycles. The largest absolute Gasteiger partial charge is 0.399 e. The summed E-state index contributed by atoms with van der Waals surface area (Å²) in [6.45, 7) is 25.0. The summed E-state index contributed by atoms with van der Waals surface area (Å²) in [5, 5.41) is 3.41. The summed E-state index contributed by atoms with van der Waals surface area (Å²) in [4.78, 5) is 0. The Hall–Kier alpha value is -1.18. The standard InChI is InChI=1S/C13H22N2.C9H20.C4H10.C2H6/c1-4-10(2)5-6-15-13-8-11(3)7-12(14)9-13;1-4-7-9(6-3)8-5-2;1-4(2)3;1-2/h7-10,15H,4-6,14H2,1-3H3;9H,4-8H2,1-3H3;4H,1-3H3;1-2H3. The van der Waals surface area contributed by atoms with E-state index in [1.54, 1.807) is 0 Å². The average Bonchev–Trinajstić information content (AvgIpc) is 2.68. The van der Waals surface area contributed by atoms with E-state index in [-0.39, 0.29) is 0 Å². The topological polar surface area (TPSA) is 38.0 Å². The van der Waals surface area contributed by atoms with Gasteiger partial charge >= 0.3 is 0 Å². The first-order valence-electron chi connectivity index (χ1n) is 12.8. The van der Waals surface area contributed by atoms with Crippen molar-refractivity contribution in [2.24, 2.45) is 17.8 Å². The van der Waals surface area contributed by atoms with Crippen LogP contribution in [-0.4, -0.2) is 6.54 Å². The van der Waals surface area contributed by atoms with E-state index in [1.165, 1.54) is 50.5 Å². The molecule has 0 saturated carbocycles. The third-order valence-electron chi connectivity index (χ3n) is 4.73. The Morgan fingerprint density at radius 3 is 1.67 bits per heavy atom. The van der Waals surface area contributed by atoms with Crippen LogP contribution < -0.4 is 11.1 Å². The minimum absolute atomic E-state index is 0.791. The monoisotopic (exact) mass is 422 g/mol. The molecule has 0 amide bonds. The molecule has 1 aromatic carbocycles. The van der Waals surface area contributed by atoms with Crippen LogP contribution in [0.3, 0.4) is 0 Å². The second kappa shape index (κ2) is 24.1. The van der Waals surface area contributed by atoms with Crippen LogP contribution in [-0.2, 0) is 0 Å². The first kappa shape index (κ1) is 33.5.